The van der Waals surface area contributed by atoms with E-state index >= 15 is 0 Å². The van der Waals surface area contributed by atoms with Crippen LogP contribution in [0.15, 0.2) is 6.20 Å². The van der Waals surface area contributed by atoms with E-state index < -0.39 is 0 Å². The van der Waals surface area contributed by atoms with Crippen LogP contribution in [0.4, 0.5) is 10.5 Å². The van der Waals surface area contributed by atoms with E-state index in [0.29, 0.717) is 12.3 Å². The molecule has 1 aromatic heterocycles. The summed E-state index contributed by atoms with van der Waals surface area (Å²) in [5, 5.41) is 18.9. The van der Waals surface area contributed by atoms with Gasteiger partial charge in [-0.05, 0) is 32.1 Å². The molecular formula is C15H28N4O2. The van der Waals surface area contributed by atoms with E-state index in [1.807, 2.05) is 11.6 Å². The first-order chi connectivity index (χ1) is 9.97. The van der Waals surface area contributed by atoms with Gasteiger partial charge in [0.15, 0.2) is 0 Å². The van der Waals surface area contributed by atoms with E-state index in [1.54, 1.807) is 6.20 Å². The van der Waals surface area contributed by atoms with E-state index in [2.05, 4.69) is 36.5 Å². The minimum absolute atomic E-state index is 0.0351. The minimum atomic E-state index is -0.223. The summed E-state index contributed by atoms with van der Waals surface area (Å²) >= 11 is 0. The van der Waals surface area contributed by atoms with Gasteiger partial charge in [-0.1, -0.05) is 20.8 Å². The Morgan fingerprint density at radius 1 is 1.43 bits per heavy atom. The fourth-order valence-electron chi connectivity index (χ4n) is 2.24. The lowest BCUT2D eigenvalue weighted by molar-refractivity contribution is 0.245. The van der Waals surface area contributed by atoms with Crippen molar-refractivity contribution < 1.29 is 9.90 Å². The number of aliphatic hydroxyl groups excluding tert-OH is 1. The second-order valence-electron chi connectivity index (χ2n) is 5.80. The molecule has 1 heterocycles. The number of hydrogen-bond acceptors (Lipinski definition) is 3. The highest BCUT2D eigenvalue weighted by molar-refractivity contribution is 5.89. The molecule has 0 fully saturated rings. The summed E-state index contributed by atoms with van der Waals surface area (Å²) in [6.45, 7) is 9.27. The van der Waals surface area contributed by atoms with Crippen molar-refractivity contribution in [3.05, 3.63) is 11.9 Å². The number of carbonyl (C=O) groups excluding carboxylic acids is 1. The number of nitrogens with zero attached hydrogens (tertiary/aromatic N) is 2. The first-order valence-electron chi connectivity index (χ1n) is 7.70. The Balaban J connectivity index is 2.61. The van der Waals surface area contributed by atoms with Gasteiger partial charge in [0, 0.05) is 19.2 Å². The van der Waals surface area contributed by atoms with Crippen molar-refractivity contribution >= 4 is 11.7 Å². The van der Waals surface area contributed by atoms with Crippen molar-refractivity contribution in [1.82, 2.24) is 15.1 Å². The van der Waals surface area contributed by atoms with Crippen molar-refractivity contribution in [2.24, 2.45) is 5.92 Å². The van der Waals surface area contributed by atoms with Gasteiger partial charge in [0.1, 0.15) is 0 Å². The number of urea groups is 1. The zero-order valence-corrected chi connectivity index (χ0v) is 13.5. The summed E-state index contributed by atoms with van der Waals surface area (Å²) < 4.78 is 1.95. The van der Waals surface area contributed by atoms with Gasteiger partial charge in [-0.2, -0.15) is 5.10 Å². The van der Waals surface area contributed by atoms with Crippen molar-refractivity contribution in [3.8, 4) is 0 Å². The molecule has 120 valence electrons. The molecule has 0 aromatic carbocycles. The molecule has 2 amide bonds. The van der Waals surface area contributed by atoms with Crippen LogP contribution < -0.4 is 10.6 Å². The lowest BCUT2D eigenvalue weighted by Gasteiger charge is -2.14. The second kappa shape index (κ2) is 8.67. The number of carbonyl (C=O) groups is 1. The quantitative estimate of drug-likeness (QED) is 0.689. The van der Waals surface area contributed by atoms with Gasteiger partial charge >= 0.3 is 6.03 Å². The highest BCUT2D eigenvalue weighted by Crippen LogP contribution is 2.17. The first kappa shape index (κ1) is 17.5. The summed E-state index contributed by atoms with van der Waals surface area (Å²) in [4.78, 5) is 12.0. The predicted molar refractivity (Wildman–Crippen MR) is 84.4 cm³/mol. The normalized spacial score (nSPS) is 12.5. The summed E-state index contributed by atoms with van der Waals surface area (Å²) in [7, 11) is 0. The van der Waals surface area contributed by atoms with Crippen LogP contribution in [0.25, 0.3) is 0 Å². The molecule has 0 spiro atoms. The predicted octanol–water partition coefficient (Wildman–Crippen LogP) is 2.38. The molecule has 1 unspecified atom stereocenters. The van der Waals surface area contributed by atoms with E-state index in [-0.39, 0.29) is 18.7 Å². The molecule has 0 aliphatic heterocycles. The molecule has 1 rings (SSSR count). The summed E-state index contributed by atoms with van der Waals surface area (Å²) in [6, 6.07) is -0.188. The van der Waals surface area contributed by atoms with Crippen molar-refractivity contribution in [2.75, 3.05) is 11.9 Å². The third kappa shape index (κ3) is 5.75. The largest absolute Gasteiger partial charge is 0.396 e. The van der Waals surface area contributed by atoms with E-state index in [9.17, 15) is 4.79 Å². The number of nitrogens with one attached hydrogen (secondary N) is 2. The average Bonchev–Trinajstić information content (AvgIpc) is 2.77. The maximum absolute atomic E-state index is 12.0. The molecule has 0 aliphatic carbocycles. The number of aromatic nitrogens is 2. The van der Waals surface area contributed by atoms with Gasteiger partial charge in [-0.3, -0.25) is 4.68 Å². The topological polar surface area (TPSA) is 79.2 Å². The van der Waals surface area contributed by atoms with Gasteiger partial charge in [0.25, 0.3) is 0 Å². The molecular weight excluding hydrogens is 268 g/mol. The van der Waals surface area contributed by atoms with Gasteiger partial charge in [-0.15, -0.1) is 0 Å². The third-order valence-electron chi connectivity index (χ3n) is 3.24. The molecule has 1 aromatic rings. The fraction of sp³-hybridized carbons (Fsp3) is 0.733. The lowest BCUT2D eigenvalue weighted by atomic mass is 10.2. The Morgan fingerprint density at radius 3 is 2.71 bits per heavy atom. The van der Waals surface area contributed by atoms with Crippen LogP contribution in [0.5, 0.6) is 0 Å². The minimum Gasteiger partial charge on any atom is -0.396 e. The molecule has 6 nitrogen and oxygen atoms in total. The number of aliphatic hydroxyl groups is 1. The van der Waals surface area contributed by atoms with Crippen LogP contribution in [0.2, 0.25) is 0 Å². The maximum Gasteiger partial charge on any atom is 0.319 e. The molecule has 0 bridgehead atoms. The Labute approximate surface area is 126 Å². The molecule has 1 atom stereocenters. The highest BCUT2D eigenvalue weighted by atomic mass is 16.3. The zero-order chi connectivity index (χ0) is 15.8. The lowest BCUT2D eigenvalue weighted by Crippen LogP contribution is -2.36. The summed E-state index contributed by atoms with van der Waals surface area (Å²) in [5.41, 5.74) is 1.81. The van der Waals surface area contributed by atoms with E-state index in [1.165, 1.54) is 0 Å². The molecule has 0 radical (unpaired) electrons. The number of anilines is 1. The number of rotatable bonds is 8. The highest BCUT2D eigenvalue weighted by Gasteiger charge is 2.13. The SMILES string of the molecule is CCc1c(NC(=O)NC(C)CCCO)cnn1CC(C)C. The number of amides is 2. The van der Waals surface area contributed by atoms with Gasteiger partial charge in [0.05, 0.1) is 17.6 Å². The number of hydrogen-bond donors (Lipinski definition) is 3. The molecule has 0 aliphatic rings. The van der Waals surface area contributed by atoms with Crippen molar-refractivity contribution in [1.29, 1.82) is 0 Å². The Hall–Kier alpha value is -1.56. The zero-order valence-electron chi connectivity index (χ0n) is 13.5. The van der Waals surface area contributed by atoms with E-state index in [4.69, 9.17) is 5.11 Å². The maximum atomic E-state index is 12.0. The fourth-order valence-corrected chi connectivity index (χ4v) is 2.24. The van der Waals surface area contributed by atoms with Crippen LogP contribution in [0, 0.1) is 5.92 Å². The van der Waals surface area contributed by atoms with Crippen LogP contribution in [-0.2, 0) is 13.0 Å². The molecule has 6 heteroatoms. The molecule has 0 saturated heterocycles. The molecule has 0 saturated carbocycles. The summed E-state index contributed by atoms with van der Waals surface area (Å²) in [6.07, 6.45) is 3.98. The third-order valence-corrected chi connectivity index (χ3v) is 3.24. The van der Waals surface area contributed by atoms with Crippen LogP contribution in [0.1, 0.15) is 46.2 Å². The molecule has 3 N–H and O–H groups in total. The van der Waals surface area contributed by atoms with Crippen LogP contribution in [-0.4, -0.2) is 33.6 Å². The van der Waals surface area contributed by atoms with Crippen LogP contribution >= 0.6 is 0 Å². The van der Waals surface area contributed by atoms with Crippen LogP contribution in [0.3, 0.4) is 0 Å². The van der Waals surface area contributed by atoms with E-state index in [0.717, 1.165) is 30.8 Å². The average molecular weight is 296 g/mol. The smallest absolute Gasteiger partial charge is 0.319 e. The first-order valence-corrected chi connectivity index (χ1v) is 7.70. The Kier molecular flexibility index (Phi) is 7.22. The van der Waals surface area contributed by atoms with Crippen molar-refractivity contribution in [2.45, 2.75) is 59.5 Å². The molecule has 21 heavy (non-hydrogen) atoms. The Bertz CT molecular complexity index is 443. The van der Waals surface area contributed by atoms with Gasteiger partial charge in [-0.25, -0.2) is 4.79 Å². The second-order valence-corrected chi connectivity index (χ2v) is 5.80. The van der Waals surface area contributed by atoms with Crippen molar-refractivity contribution in [3.63, 3.8) is 0 Å². The van der Waals surface area contributed by atoms with Gasteiger partial charge in [0.2, 0.25) is 0 Å². The standard InChI is InChI=1S/C15H28N4O2/c1-5-14-13(9-16-19(14)10-11(2)3)18-15(21)17-12(4)7-6-8-20/h9,11-12,20H,5-8,10H2,1-4H3,(H2,17,18,21). The Morgan fingerprint density at radius 2 is 2.14 bits per heavy atom. The summed E-state index contributed by atoms with van der Waals surface area (Å²) in [5.74, 6) is 0.510. The monoisotopic (exact) mass is 296 g/mol. The van der Waals surface area contributed by atoms with Gasteiger partial charge < -0.3 is 15.7 Å².